The quantitative estimate of drug-likeness (QED) is 0.576. The van der Waals surface area contributed by atoms with Crippen LogP contribution in [0.25, 0.3) is 11.1 Å². The number of sulfonamides is 1. The normalized spacial score (nSPS) is 15.6. The van der Waals surface area contributed by atoms with Crippen molar-refractivity contribution in [1.82, 2.24) is 9.71 Å². The molecule has 0 aliphatic carbocycles. The standard InChI is InChI=1S/C25H25FN2O4S/c1-15(2)19-10-16(3)11-20-18-6-8-27-25(13-18)32-9-7-17-4-5-22(26)23(12-17)33(30,31)28-24(29)14-21(19)20/h4-6,8,10-13,15H,7,9,14H2,1-3H3,(H,28,29). The number of fused-ring (bicyclic) bond motifs is 6. The van der Waals surface area contributed by atoms with Crippen molar-refractivity contribution < 1.29 is 22.3 Å². The highest BCUT2D eigenvalue weighted by Gasteiger charge is 2.25. The largest absolute Gasteiger partial charge is 0.477 e. The van der Waals surface area contributed by atoms with Crippen LogP contribution < -0.4 is 9.46 Å². The fourth-order valence-corrected chi connectivity index (χ4v) is 5.17. The Hall–Kier alpha value is -3.26. The fourth-order valence-electron chi connectivity index (χ4n) is 4.05. The Kier molecular flexibility index (Phi) is 6.21. The lowest BCUT2D eigenvalue weighted by molar-refractivity contribution is -0.118. The Balaban J connectivity index is 1.89. The number of hydrogen-bond acceptors (Lipinski definition) is 5. The molecule has 6 nitrogen and oxygen atoms in total. The third-order valence-corrected chi connectivity index (χ3v) is 7.00. The first-order valence-electron chi connectivity index (χ1n) is 10.7. The molecule has 4 bridgehead atoms. The van der Waals surface area contributed by atoms with E-state index >= 15 is 0 Å². The van der Waals surface area contributed by atoms with E-state index < -0.39 is 26.6 Å². The molecule has 2 aromatic carbocycles. The third kappa shape index (κ3) is 4.90. The van der Waals surface area contributed by atoms with Gasteiger partial charge in [-0.15, -0.1) is 0 Å². The van der Waals surface area contributed by atoms with Gasteiger partial charge in [-0.3, -0.25) is 4.79 Å². The van der Waals surface area contributed by atoms with Crippen LogP contribution in [0, 0.1) is 12.7 Å². The van der Waals surface area contributed by atoms with E-state index in [4.69, 9.17) is 4.74 Å². The first-order valence-corrected chi connectivity index (χ1v) is 12.2. The summed E-state index contributed by atoms with van der Waals surface area (Å²) in [5, 5.41) is 0. The van der Waals surface area contributed by atoms with Crippen LogP contribution in [-0.2, 0) is 27.7 Å². The van der Waals surface area contributed by atoms with Gasteiger partial charge >= 0.3 is 0 Å². The average Bonchev–Trinajstić information content (AvgIpc) is 2.75. The maximum atomic E-state index is 14.4. The summed E-state index contributed by atoms with van der Waals surface area (Å²) >= 11 is 0. The first-order chi connectivity index (χ1) is 15.6. The molecule has 0 radical (unpaired) electrons. The van der Waals surface area contributed by atoms with Gasteiger partial charge in [0.2, 0.25) is 11.8 Å². The zero-order chi connectivity index (χ0) is 23.8. The number of ether oxygens (including phenoxy) is 1. The van der Waals surface area contributed by atoms with Gasteiger partial charge < -0.3 is 4.74 Å². The molecule has 0 atom stereocenters. The van der Waals surface area contributed by atoms with Gasteiger partial charge in [0.25, 0.3) is 10.0 Å². The third-order valence-electron chi connectivity index (χ3n) is 5.61. The monoisotopic (exact) mass is 468 g/mol. The molecular formula is C25H25FN2O4S. The number of carbonyl (C=O) groups is 1. The Morgan fingerprint density at radius 2 is 1.91 bits per heavy atom. The van der Waals surface area contributed by atoms with Gasteiger partial charge in [0, 0.05) is 18.7 Å². The van der Waals surface area contributed by atoms with Crippen molar-refractivity contribution in [2.75, 3.05) is 6.61 Å². The Morgan fingerprint density at radius 1 is 1.12 bits per heavy atom. The van der Waals surface area contributed by atoms with Gasteiger partial charge in [-0.25, -0.2) is 22.5 Å². The predicted molar refractivity (Wildman–Crippen MR) is 123 cm³/mol. The second-order valence-corrected chi connectivity index (χ2v) is 10.1. The zero-order valence-corrected chi connectivity index (χ0v) is 19.5. The van der Waals surface area contributed by atoms with Crippen molar-refractivity contribution in [2.45, 2.75) is 44.4 Å². The number of aryl methyl sites for hydroxylation is 1. The lowest BCUT2D eigenvalue weighted by Gasteiger charge is -2.19. The van der Waals surface area contributed by atoms with Crippen molar-refractivity contribution in [3.8, 4) is 17.0 Å². The highest BCUT2D eigenvalue weighted by atomic mass is 32.2. The van der Waals surface area contributed by atoms with Crippen molar-refractivity contribution in [1.29, 1.82) is 0 Å². The summed E-state index contributed by atoms with van der Waals surface area (Å²) < 4.78 is 48.0. The van der Waals surface area contributed by atoms with E-state index in [0.717, 1.165) is 28.3 Å². The summed E-state index contributed by atoms with van der Waals surface area (Å²) in [4.78, 5) is 16.7. The van der Waals surface area contributed by atoms with Gasteiger partial charge in [-0.2, -0.15) is 0 Å². The number of carbonyl (C=O) groups excluding carboxylic acids is 1. The predicted octanol–water partition coefficient (Wildman–Crippen LogP) is 4.30. The lowest BCUT2D eigenvalue weighted by atomic mass is 9.87. The molecule has 8 heteroatoms. The van der Waals surface area contributed by atoms with Crippen LogP contribution in [0.2, 0.25) is 0 Å². The number of benzene rings is 2. The van der Waals surface area contributed by atoms with Gasteiger partial charge in [0.05, 0.1) is 13.0 Å². The van der Waals surface area contributed by atoms with E-state index in [2.05, 4.69) is 9.71 Å². The molecule has 0 unspecified atom stereocenters. The van der Waals surface area contributed by atoms with Crippen LogP contribution in [0.4, 0.5) is 4.39 Å². The van der Waals surface area contributed by atoms with Gasteiger partial charge in [-0.1, -0.05) is 37.6 Å². The molecule has 0 saturated carbocycles. The summed E-state index contributed by atoms with van der Waals surface area (Å²) in [6, 6.07) is 11.4. The zero-order valence-electron chi connectivity index (χ0n) is 18.7. The first kappa shape index (κ1) is 22.9. The molecule has 4 rings (SSSR count). The van der Waals surface area contributed by atoms with Crippen molar-refractivity contribution in [3.63, 3.8) is 0 Å². The minimum Gasteiger partial charge on any atom is -0.477 e. The Labute approximate surface area is 192 Å². The number of pyridine rings is 1. The van der Waals surface area contributed by atoms with Crippen LogP contribution in [0.15, 0.2) is 53.6 Å². The van der Waals surface area contributed by atoms with Crippen LogP contribution in [-0.4, -0.2) is 25.9 Å². The van der Waals surface area contributed by atoms with Crippen molar-refractivity contribution >= 4 is 15.9 Å². The van der Waals surface area contributed by atoms with E-state index in [1.54, 1.807) is 6.20 Å². The molecule has 2 heterocycles. The van der Waals surface area contributed by atoms with E-state index in [-0.39, 0.29) is 18.9 Å². The second kappa shape index (κ2) is 8.94. The maximum Gasteiger partial charge on any atom is 0.266 e. The Morgan fingerprint density at radius 3 is 2.67 bits per heavy atom. The van der Waals surface area contributed by atoms with Crippen molar-refractivity contribution in [3.05, 3.63) is 76.7 Å². The lowest BCUT2D eigenvalue weighted by Crippen LogP contribution is -2.33. The molecule has 33 heavy (non-hydrogen) atoms. The highest BCUT2D eigenvalue weighted by Crippen LogP contribution is 2.33. The SMILES string of the molecule is Cc1cc2c(c(C(C)C)c1)CC(=O)NS(=O)(=O)c1cc(ccc1F)CCOc1cc-2ccn1. The smallest absolute Gasteiger partial charge is 0.266 e. The van der Waals surface area contributed by atoms with Crippen molar-refractivity contribution in [2.24, 2.45) is 0 Å². The molecule has 1 aromatic heterocycles. The molecule has 0 saturated heterocycles. The molecule has 1 aliphatic heterocycles. The molecule has 1 N–H and O–H groups in total. The number of aromatic nitrogens is 1. The molecule has 1 aliphatic rings. The number of halogens is 1. The summed E-state index contributed by atoms with van der Waals surface area (Å²) in [5.41, 5.74) is 4.86. The van der Waals surface area contributed by atoms with Crippen LogP contribution in [0.3, 0.4) is 0 Å². The number of nitrogens with one attached hydrogen (secondary N) is 1. The summed E-state index contributed by atoms with van der Waals surface area (Å²) in [6.45, 7) is 6.23. The molecule has 1 amide bonds. The summed E-state index contributed by atoms with van der Waals surface area (Å²) in [7, 11) is -4.39. The highest BCUT2D eigenvalue weighted by molar-refractivity contribution is 7.90. The van der Waals surface area contributed by atoms with E-state index in [1.807, 2.05) is 45.0 Å². The van der Waals surface area contributed by atoms with Crippen LogP contribution >= 0.6 is 0 Å². The minimum atomic E-state index is -4.39. The molecule has 172 valence electrons. The van der Waals surface area contributed by atoms with E-state index in [1.165, 1.54) is 12.1 Å². The van der Waals surface area contributed by atoms with Crippen LogP contribution in [0.5, 0.6) is 5.88 Å². The number of amides is 1. The molecule has 0 fully saturated rings. The van der Waals surface area contributed by atoms with Crippen LogP contribution in [0.1, 0.15) is 42.0 Å². The molecular weight excluding hydrogens is 443 g/mol. The fraction of sp³-hybridized carbons (Fsp3) is 0.280. The number of hydrogen-bond donors (Lipinski definition) is 1. The summed E-state index contributed by atoms with van der Waals surface area (Å²) in [5.74, 6) is -1.14. The van der Waals surface area contributed by atoms with E-state index in [9.17, 15) is 17.6 Å². The molecule has 3 aromatic rings. The summed E-state index contributed by atoms with van der Waals surface area (Å²) in [6.07, 6.45) is 1.81. The van der Waals surface area contributed by atoms with E-state index in [0.29, 0.717) is 23.4 Å². The second-order valence-electron chi connectivity index (χ2n) is 8.49. The average molecular weight is 469 g/mol. The number of rotatable bonds is 1. The van der Waals surface area contributed by atoms with Gasteiger partial charge in [-0.05, 0) is 58.9 Å². The van der Waals surface area contributed by atoms with Gasteiger partial charge in [0.1, 0.15) is 10.7 Å². The minimum absolute atomic E-state index is 0.0943. The topological polar surface area (TPSA) is 85.4 Å². The molecule has 0 spiro atoms. The Bertz CT molecular complexity index is 1340. The number of nitrogens with zero attached hydrogens (tertiary/aromatic N) is 1. The maximum absolute atomic E-state index is 14.4. The van der Waals surface area contributed by atoms with Gasteiger partial charge in [0.15, 0.2) is 0 Å².